The third-order valence-corrected chi connectivity index (χ3v) is 3.74. The standard InChI is InChI=1S/C13H16BrN3S/c1-2-15-7-6-12-9-18-13(17-12)16-11-5-3-4-10(14)8-11/h3-5,8-9,15H,2,6-7H2,1H3,(H,16,17). The Bertz CT molecular complexity index is 498. The van der Waals surface area contributed by atoms with Gasteiger partial charge < -0.3 is 10.6 Å². The Morgan fingerprint density at radius 2 is 2.28 bits per heavy atom. The highest BCUT2D eigenvalue weighted by Gasteiger charge is 2.02. The molecule has 2 rings (SSSR count). The van der Waals surface area contributed by atoms with E-state index in [0.29, 0.717) is 0 Å². The summed E-state index contributed by atoms with van der Waals surface area (Å²) in [6.45, 7) is 4.10. The van der Waals surface area contributed by atoms with Crippen molar-refractivity contribution in [2.24, 2.45) is 0 Å². The lowest BCUT2D eigenvalue weighted by Crippen LogP contribution is -2.16. The molecule has 0 bridgehead atoms. The van der Waals surface area contributed by atoms with Crippen LogP contribution in [0.15, 0.2) is 34.1 Å². The Morgan fingerprint density at radius 3 is 3.06 bits per heavy atom. The van der Waals surface area contributed by atoms with Crippen molar-refractivity contribution in [2.45, 2.75) is 13.3 Å². The molecule has 1 heterocycles. The highest BCUT2D eigenvalue weighted by Crippen LogP contribution is 2.23. The Balaban J connectivity index is 1.94. The average molecular weight is 326 g/mol. The second kappa shape index (κ2) is 6.87. The molecule has 96 valence electrons. The number of hydrogen-bond acceptors (Lipinski definition) is 4. The molecule has 2 N–H and O–H groups in total. The predicted octanol–water partition coefficient (Wildman–Crippen LogP) is 3.80. The molecule has 1 aromatic heterocycles. The number of likely N-dealkylation sites (N-methyl/N-ethyl adjacent to an activating group) is 1. The van der Waals surface area contributed by atoms with Gasteiger partial charge in [0.2, 0.25) is 0 Å². The average Bonchev–Trinajstić information content (AvgIpc) is 2.77. The van der Waals surface area contributed by atoms with Gasteiger partial charge in [0.05, 0.1) is 5.69 Å². The molecule has 0 fully saturated rings. The van der Waals surface area contributed by atoms with Crippen LogP contribution in [0.1, 0.15) is 12.6 Å². The van der Waals surface area contributed by atoms with Gasteiger partial charge >= 0.3 is 0 Å². The molecule has 0 aliphatic heterocycles. The number of halogens is 1. The zero-order chi connectivity index (χ0) is 12.8. The Morgan fingerprint density at radius 1 is 1.39 bits per heavy atom. The number of hydrogen-bond donors (Lipinski definition) is 2. The molecule has 3 nitrogen and oxygen atoms in total. The summed E-state index contributed by atoms with van der Waals surface area (Å²) >= 11 is 5.10. The summed E-state index contributed by atoms with van der Waals surface area (Å²) in [7, 11) is 0. The topological polar surface area (TPSA) is 37.0 Å². The summed E-state index contributed by atoms with van der Waals surface area (Å²) < 4.78 is 1.07. The first-order valence-electron chi connectivity index (χ1n) is 5.95. The summed E-state index contributed by atoms with van der Waals surface area (Å²) in [4.78, 5) is 4.56. The van der Waals surface area contributed by atoms with Crippen LogP contribution in [0.4, 0.5) is 10.8 Å². The van der Waals surface area contributed by atoms with E-state index in [4.69, 9.17) is 0 Å². The van der Waals surface area contributed by atoms with Crippen LogP contribution in [0.5, 0.6) is 0 Å². The number of aromatic nitrogens is 1. The molecule has 0 atom stereocenters. The van der Waals surface area contributed by atoms with Gasteiger partial charge in [0.25, 0.3) is 0 Å². The van der Waals surface area contributed by atoms with Crippen molar-refractivity contribution in [1.29, 1.82) is 0 Å². The van der Waals surface area contributed by atoms with Crippen LogP contribution in [0, 0.1) is 0 Å². The Labute approximate surface area is 120 Å². The molecule has 0 saturated carbocycles. The minimum atomic E-state index is 0.944. The van der Waals surface area contributed by atoms with E-state index in [2.05, 4.69) is 43.9 Å². The van der Waals surface area contributed by atoms with Crippen LogP contribution >= 0.6 is 27.3 Å². The first-order chi connectivity index (χ1) is 8.78. The summed E-state index contributed by atoms with van der Waals surface area (Å²) in [5.74, 6) is 0. The van der Waals surface area contributed by atoms with E-state index in [1.54, 1.807) is 11.3 Å². The van der Waals surface area contributed by atoms with Gasteiger partial charge in [-0.15, -0.1) is 11.3 Å². The van der Waals surface area contributed by atoms with Gasteiger partial charge in [-0.1, -0.05) is 28.9 Å². The number of anilines is 2. The molecule has 0 unspecified atom stereocenters. The van der Waals surface area contributed by atoms with E-state index in [0.717, 1.165) is 40.5 Å². The fourth-order valence-corrected chi connectivity index (χ4v) is 2.73. The van der Waals surface area contributed by atoms with Gasteiger partial charge in [-0.3, -0.25) is 0 Å². The zero-order valence-electron chi connectivity index (χ0n) is 10.2. The van der Waals surface area contributed by atoms with Gasteiger partial charge in [0, 0.05) is 28.5 Å². The monoisotopic (exact) mass is 325 g/mol. The fraction of sp³-hybridized carbons (Fsp3) is 0.308. The fourth-order valence-electron chi connectivity index (χ4n) is 1.56. The second-order valence-corrected chi connectivity index (χ2v) is 5.66. The highest BCUT2D eigenvalue weighted by molar-refractivity contribution is 9.10. The quantitative estimate of drug-likeness (QED) is 0.793. The van der Waals surface area contributed by atoms with E-state index in [-0.39, 0.29) is 0 Å². The molecule has 2 aromatic rings. The number of benzene rings is 1. The Hall–Kier alpha value is -0.910. The maximum atomic E-state index is 4.56. The smallest absolute Gasteiger partial charge is 0.187 e. The first kappa shape index (κ1) is 13.5. The van der Waals surface area contributed by atoms with Crippen molar-refractivity contribution < 1.29 is 0 Å². The third kappa shape index (κ3) is 4.08. The molecule has 0 saturated heterocycles. The zero-order valence-corrected chi connectivity index (χ0v) is 12.6. The van der Waals surface area contributed by atoms with E-state index >= 15 is 0 Å². The van der Waals surface area contributed by atoms with Gasteiger partial charge in [0.1, 0.15) is 0 Å². The van der Waals surface area contributed by atoms with Gasteiger partial charge in [-0.05, 0) is 24.7 Å². The van der Waals surface area contributed by atoms with Crippen LogP contribution in [0.25, 0.3) is 0 Å². The number of rotatable bonds is 6. The van der Waals surface area contributed by atoms with Crippen LogP contribution in [0.3, 0.4) is 0 Å². The van der Waals surface area contributed by atoms with Crippen molar-refractivity contribution in [1.82, 2.24) is 10.3 Å². The minimum Gasteiger partial charge on any atom is -0.332 e. The van der Waals surface area contributed by atoms with Crippen molar-refractivity contribution in [3.63, 3.8) is 0 Å². The lowest BCUT2D eigenvalue weighted by atomic mass is 10.3. The Kier molecular flexibility index (Phi) is 5.16. The largest absolute Gasteiger partial charge is 0.332 e. The van der Waals surface area contributed by atoms with Crippen LogP contribution in [0.2, 0.25) is 0 Å². The number of thiazole rings is 1. The van der Waals surface area contributed by atoms with Gasteiger partial charge in [0.15, 0.2) is 5.13 Å². The molecule has 5 heteroatoms. The molecule has 0 spiro atoms. The lowest BCUT2D eigenvalue weighted by Gasteiger charge is -2.02. The normalized spacial score (nSPS) is 10.6. The third-order valence-electron chi connectivity index (χ3n) is 2.44. The van der Waals surface area contributed by atoms with E-state index in [9.17, 15) is 0 Å². The molecular formula is C13H16BrN3S. The van der Waals surface area contributed by atoms with E-state index in [1.165, 1.54) is 0 Å². The van der Waals surface area contributed by atoms with Crippen molar-refractivity contribution in [2.75, 3.05) is 18.4 Å². The second-order valence-electron chi connectivity index (χ2n) is 3.88. The van der Waals surface area contributed by atoms with E-state index in [1.807, 2.05) is 24.3 Å². The lowest BCUT2D eigenvalue weighted by molar-refractivity contribution is 0.710. The molecule has 0 radical (unpaired) electrons. The van der Waals surface area contributed by atoms with Crippen molar-refractivity contribution in [3.05, 3.63) is 39.8 Å². The molecular weight excluding hydrogens is 310 g/mol. The maximum Gasteiger partial charge on any atom is 0.187 e. The van der Waals surface area contributed by atoms with Crippen LogP contribution in [-0.4, -0.2) is 18.1 Å². The summed E-state index contributed by atoms with van der Waals surface area (Å²) in [6.07, 6.45) is 0.977. The maximum absolute atomic E-state index is 4.56. The van der Waals surface area contributed by atoms with Gasteiger partial charge in [-0.2, -0.15) is 0 Å². The molecule has 18 heavy (non-hydrogen) atoms. The molecule has 0 aliphatic rings. The van der Waals surface area contributed by atoms with Crippen LogP contribution in [-0.2, 0) is 6.42 Å². The number of nitrogens with one attached hydrogen (secondary N) is 2. The summed E-state index contributed by atoms with van der Waals surface area (Å²) in [5.41, 5.74) is 2.19. The molecule has 0 amide bonds. The van der Waals surface area contributed by atoms with Crippen LogP contribution < -0.4 is 10.6 Å². The highest BCUT2D eigenvalue weighted by atomic mass is 79.9. The minimum absolute atomic E-state index is 0.944. The van der Waals surface area contributed by atoms with Crippen molar-refractivity contribution >= 4 is 38.1 Å². The summed E-state index contributed by atoms with van der Waals surface area (Å²) in [5, 5.41) is 9.67. The SMILES string of the molecule is CCNCCc1csc(Nc2cccc(Br)c2)n1. The molecule has 0 aliphatic carbocycles. The summed E-state index contributed by atoms with van der Waals surface area (Å²) in [6, 6.07) is 8.09. The first-order valence-corrected chi connectivity index (χ1v) is 7.63. The van der Waals surface area contributed by atoms with E-state index < -0.39 is 0 Å². The molecule has 1 aromatic carbocycles. The predicted molar refractivity (Wildman–Crippen MR) is 81.8 cm³/mol. The van der Waals surface area contributed by atoms with Gasteiger partial charge in [-0.25, -0.2) is 4.98 Å². The van der Waals surface area contributed by atoms with Crippen molar-refractivity contribution in [3.8, 4) is 0 Å². The number of nitrogens with zero attached hydrogens (tertiary/aromatic N) is 1.